The van der Waals surface area contributed by atoms with Crippen molar-refractivity contribution in [3.8, 4) is 0 Å². The van der Waals surface area contributed by atoms with E-state index >= 15 is 0 Å². The van der Waals surface area contributed by atoms with Crippen molar-refractivity contribution in [1.82, 2.24) is 19.5 Å². The van der Waals surface area contributed by atoms with Crippen molar-refractivity contribution in [1.29, 1.82) is 0 Å². The molecule has 0 radical (unpaired) electrons. The Morgan fingerprint density at radius 1 is 1.38 bits per heavy atom. The number of benzene rings is 1. The van der Waals surface area contributed by atoms with Crippen LogP contribution in [0, 0.1) is 0 Å². The van der Waals surface area contributed by atoms with Gasteiger partial charge < -0.3 is 44.9 Å². The second-order valence-electron chi connectivity index (χ2n) is 8.76. The zero-order valence-corrected chi connectivity index (χ0v) is 21.7. The maximum atomic E-state index is 12.5. The summed E-state index contributed by atoms with van der Waals surface area (Å²) in [5, 5.41) is 32.4. The minimum Gasteiger partial charge on any atom is -0.756 e. The zero-order valence-electron chi connectivity index (χ0n) is 20.0. The summed E-state index contributed by atoms with van der Waals surface area (Å²) in [6.45, 7) is -0.362. The highest BCUT2D eigenvalue weighted by molar-refractivity contribution is 7.99. The first-order valence-electron chi connectivity index (χ1n) is 11.7. The Morgan fingerprint density at radius 2 is 2.18 bits per heavy atom. The molecule has 0 aliphatic carbocycles. The molecule has 19 heteroatoms. The normalized spacial score (nSPS) is 26.5. The lowest BCUT2D eigenvalue weighted by Crippen LogP contribution is -2.41. The van der Waals surface area contributed by atoms with Gasteiger partial charge in [0.05, 0.1) is 6.61 Å². The van der Waals surface area contributed by atoms with E-state index in [2.05, 4.69) is 24.8 Å². The fraction of sp³-hybridized carbons (Fsp3) is 0.400. The summed E-state index contributed by atoms with van der Waals surface area (Å²) in [6, 6.07) is 6.15. The summed E-state index contributed by atoms with van der Waals surface area (Å²) < 4.78 is 28.5. The lowest BCUT2D eigenvalue weighted by Gasteiger charge is -2.34. The van der Waals surface area contributed by atoms with Crippen LogP contribution in [0.5, 0.6) is 0 Å². The second kappa shape index (κ2) is 11.0. The molecule has 1 amide bonds. The summed E-state index contributed by atoms with van der Waals surface area (Å²) in [5.41, 5.74) is 5.67. The number of aliphatic hydroxyl groups is 1. The van der Waals surface area contributed by atoms with Crippen molar-refractivity contribution < 1.29 is 43.2 Å². The highest BCUT2D eigenvalue weighted by Gasteiger charge is 2.51. The molecular formula is C20H23BN6O10PS-. The number of nitrogens with one attached hydrogen (secondary N) is 2. The SMILES string of the molecule is Nc1nc2c(nc(SCCCC(=O)Nc3cccc(B(O)O)c3)n2[C@@H]2OC3COP(=O)([O-])O[C@H]3C2O)c(=O)[nH]1. The van der Waals surface area contributed by atoms with Crippen LogP contribution in [-0.2, 0) is 23.1 Å². The van der Waals surface area contributed by atoms with Crippen LogP contribution in [0.2, 0.25) is 0 Å². The average Bonchev–Trinajstić information content (AvgIpc) is 3.38. The third kappa shape index (κ3) is 5.89. The molecule has 2 aliphatic rings. The van der Waals surface area contributed by atoms with Crippen LogP contribution in [-0.4, -0.2) is 78.4 Å². The van der Waals surface area contributed by atoms with Gasteiger partial charge in [0.25, 0.3) is 13.4 Å². The van der Waals surface area contributed by atoms with Gasteiger partial charge in [-0.2, -0.15) is 4.98 Å². The number of amides is 1. The molecule has 5 atom stereocenters. The van der Waals surface area contributed by atoms with Crippen LogP contribution in [0.1, 0.15) is 19.1 Å². The molecule has 208 valence electrons. The number of aromatic nitrogens is 4. The van der Waals surface area contributed by atoms with Crippen molar-refractivity contribution in [3.05, 3.63) is 34.6 Å². The fourth-order valence-electron chi connectivity index (χ4n) is 4.25. The maximum absolute atomic E-state index is 12.5. The molecule has 2 fully saturated rings. The van der Waals surface area contributed by atoms with Crippen LogP contribution >= 0.6 is 19.6 Å². The van der Waals surface area contributed by atoms with Gasteiger partial charge >= 0.3 is 7.12 Å². The minimum absolute atomic E-state index is 0.0105. The van der Waals surface area contributed by atoms with E-state index in [4.69, 9.17) is 15.0 Å². The van der Waals surface area contributed by atoms with Crippen molar-refractivity contribution in [2.75, 3.05) is 23.4 Å². The van der Waals surface area contributed by atoms with E-state index in [0.717, 1.165) is 11.8 Å². The van der Waals surface area contributed by atoms with E-state index in [1.165, 1.54) is 16.7 Å². The Bertz CT molecular complexity index is 1500. The Hall–Kier alpha value is -2.80. The molecule has 4 heterocycles. The van der Waals surface area contributed by atoms with Crippen LogP contribution in [0.4, 0.5) is 11.6 Å². The van der Waals surface area contributed by atoms with E-state index in [1.54, 1.807) is 12.1 Å². The van der Waals surface area contributed by atoms with Gasteiger partial charge in [-0.25, -0.2) is 4.98 Å². The van der Waals surface area contributed by atoms with Gasteiger partial charge in [0.1, 0.15) is 18.3 Å². The molecule has 16 nitrogen and oxygen atoms in total. The van der Waals surface area contributed by atoms with E-state index in [0.29, 0.717) is 17.9 Å². The van der Waals surface area contributed by atoms with Crippen LogP contribution < -0.4 is 27.0 Å². The number of phosphoric acid groups is 1. The number of thioether (sulfide) groups is 1. The number of ether oxygens (including phenoxy) is 1. The van der Waals surface area contributed by atoms with Gasteiger partial charge in [0.15, 0.2) is 22.5 Å². The van der Waals surface area contributed by atoms with Crippen molar-refractivity contribution in [2.45, 2.75) is 42.5 Å². The highest BCUT2D eigenvalue weighted by atomic mass is 32.2. The number of carbonyl (C=O) groups is 1. The number of hydrogen-bond acceptors (Lipinski definition) is 14. The van der Waals surface area contributed by atoms with Gasteiger partial charge in [-0.15, -0.1) is 0 Å². The molecular weight excluding hydrogens is 558 g/mol. The maximum Gasteiger partial charge on any atom is 0.488 e. The molecule has 2 aliphatic heterocycles. The number of rotatable bonds is 8. The molecule has 2 aromatic heterocycles. The number of aliphatic hydroxyl groups excluding tert-OH is 1. The summed E-state index contributed by atoms with van der Waals surface area (Å²) in [7, 11) is -6.27. The summed E-state index contributed by atoms with van der Waals surface area (Å²) in [5.74, 6) is -0.157. The number of hydrogen-bond donors (Lipinski definition) is 6. The van der Waals surface area contributed by atoms with E-state index in [1.807, 2.05) is 0 Å². The van der Waals surface area contributed by atoms with Gasteiger partial charge in [0, 0.05) is 17.9 Å². The third-order valence-electron chi connectivity index (χ3n) is 6.00. The van der Waals surface area contributed by atoms with Crippen molar-refractivity contribution >= 4 is 60.9 Å². The van der Waals surface area contributed by atoms with E-state index in [9.17, 15) is 34.2 Å². The summed E-state index contributed by atoms with van der Waals surface area (Å²) in [6.07, 6.45) is -4.36. The lowest BCUT2D eigenvalue weighted by molar-refractivity contribution is -0.245. The predicted molar refractivity (Wildman–Crippen MR) is 136 cm³/mol. The minimum atomic E-state index is -4.61. The predicted octanol–water partition coefficient (Wildman–Crippen LogP) is -1.97. The molecule has 2 saturated heterocycles. The lowest BCUT2D eigenvalue weighted by atomic mass is 9.80. The zero-order chi connectivity index (χ0) is 27.9. The second-order valence-corrected chi connectivity index (χ2v) is 11.2. The number of carbonyl (C=O) groups excluding carboxylic acids is 1. The number of fused-ring (bicyclic) bond motifs is 2. The fourth-order valence-corrected chi connectivity index (χ4v) is 6.16. The average molecular weight is 581 g/mol. The Balaban J connectivity index is 1.31. The van der Waals surface area contributed by atoms with Gasteiger partial charge in [-0.05, 0) is 24.0 Å². The van der Waals surface area contributed by atoms with E-state index in [-0.39, 0.29) is 46.7 Å². The Kier molecular flexibility index (Phi) is 7.83. The van der Waals surface area contributed by atoms with Gasteiger partial charge in [-0.1, -0.05) is 23.9 Å². The molecule has 5 rings (SSSR count). The van der Waals surface area contributed by atoms with Crippen LogP contribution in [0.3, 0.4) is 0 Å². The standard InChI is InChI=1S/C20H24BN6O10PS/c22-19-25-16-13(17(30)26-19)24-20(27(16)18-14(29)15-11(36-18)8-35-38(33,34)37-15)39-6-2-5-12(28)23-10-4-1-3-9(7-10)21(31)32/h1,3-4,7,11,14-15,18,29,31-32H,2,5-6,8H2,(H,23,28)(H,33,34)(H3,22,25,26,30)/p-1/t11?,14?,15-,18-/m1/s1. The van der Waals surface area contributed by atoms with Crippen molar-refractivity contribution in [2.24, 2.45) is 0 Å². The number of nitrogen functional groups attached to an aromatic ring is 1. The highest BCUT2D eigenvalue weighted by Crippen LogP contribution is 2.50. The third-order valence-corrected chi connectivity index (χ3v) is 8.00. The number of nitrogens with two attached hydrogens (primary N) is 1. The largest absolute Gasteiger partial charge is 0.756 e. The Labute approximate surface area is 224 Å². The van der Waals surface area contributed by atoms with Crippen molar-refractivity contribution in [3.63, 3.8) is 0 Å². The smallest absolute Gasteiger partial charge is 0.488 e. The monoisotopic (exact) mass is 581 g/mol. The summed E-state index contributed by atoms with van der Waals surface area (Å²) in [4.78, 5) is 47.4. The number of phosphoric ester groups is 1. The molecule has 0 bridgehead atoms. The molecule has 1 aromatic carbocycles. The first-order chi connectivity index (χ1) is 18.5. The first kappa shape index (κ1) is 27.8. The van der Waals surface area contributed by atoms with E-state index < -0.39 is 45.0 Å². The number of anilines is 2. The molecule has 3 unspecified atom stereocenters. The van der Waals surface area contributed by atoms with Gasteiger partial charge in [-0.3, -0.25) is 23.7 Å². The van der Waals surface area contributed by atoms with Crippen LogP contribution in [0.25, 0.3) is 11.2 Å². The molecule has 0 spiro atoms. The van der Waals surface area contributed by atoms with Crippen LogP contribution in [0.15, 0.2) is 34.2 Å². The topological polar surface area (TPSA) is 247 Å². The molecule has 0 saturated carbocycles. The Morgan fingerprint density at radius 3 is 2.95 bits per heavy atom. The number of nitrogens with zero attached hydrogens (tertiary/aromatic N) is 3. The quantitative estimate of drug-likeness (QED) is 0.0732. The van der Waals surface area contributed by atoms with Gasteiger partial charge in [0.2, 0.25) is 11.9 Å². The molecule has 39 heavy (non-hydrogen) atoms. The number of aromatic amines is 1. The molecule has 7 N–H and O–H groups in total. The first-order valence-corrected chi connectivity index (χ1v) is 14.1. The molecule has 3 aromatic rings. The number of H-pyrrole nitrogens is 1. The number of imidazole rings is 1. The summed E-state index contributed by atoms with van der Waals surface area (Å²) >= 11 is 1.16.